The molecule has 2 unspecified atom stereocenters. The van der Waals surface area contributed by atoms with Crippen molar-refractivity contribution in [2.45, 2.75) is 18.5 Å². The molecule has 3 aromatic rings. The smallest absolute Gasteiger partial charge is 0.319 e. The minimum atomic E-state index is -0.253. The molecule has 1 saturated heterocycles. The second-order valence-electron chi connectivity index (χ2n) is 6.91. The molecule has 0 spiro atoms. The van der Waals surface area contributed by atoms with Gasteiger partial charge in [-0.3, -0.25) is 9.88 Å². The number of methoxy groups -OCH3 is 1. The summed E-state index contributed by atoms with van der Waals surface area (Å²) in [6.07, 6.45) is 4.06. The summed E-state index contributed by atoms with van der Waals surface area (Å²) in [5.41, 5.74) is 1.55. The van der Waals surface area contributed by atoms with Crippen LogP contribution in [0.15, 0.2) is 53.3 Å². The minimum Gasteiger partial charge on any atom is -0.497 e. The highest BCUT2D eigenvalue weighted by Gasteiger charge is 2.35. The molecular weight excluding hydrogens is 372 g/mol. The van der Waals surface area contributed by atoms with Crippen molar-refractivity contribution in [1.29, 1.82) is 0 Å². The van der Waals surface area contributed by atoms with E-state index in [9.17, 15) is 4.79 Å². The van der Waals surface area contributed by atoms with E-state index in [1.807, 2.05) is 19.2 Å². The Morgan fingerprint density at radius 3 is 2.69 bits per heavy atom. The van der Waals surface area contributed by atoms with E-state index in [1.165, 1.54) is 0 Å². The predicted molar refractivity (Wildman–Crippen MR) is 106 cm³/mol. The number of benzene rings is 1. The number of likely N-dealkylation sites (N-methyl/N-ethyl adjacent to an activating group) is 1. The zero-order valence-electron chi connectivity index (χ0n) is 16.2. The Bertz CT molecular complexity index is 960. The number of pyridine rings is 1. The fourth-order valence-corrected chi connectivity index (χ4v) is 3.41. The van der Waals surface area contributed by atoms with Crippen LogP contribution < -0.4 is 15.4 Å². The maximum absolute atomic E-state index is 12.3. The van der Waals surface area contributed by atoms with Crippen LogP contribution in [0.4, 0.5) is 10.5 Å². The lowest BCUT2D eigenvalue weighted by atomic mass is 10.1. The molecule has 1 aliphatic heterocycles. The van der Waals surface area contributed by atoms with Gasteiger partial charge in [-0.05, 0) is 49.9 Å². The van der Waals surface area contributed by atoms with Crippen LogP contribution in [0, 0.1) is 0 Å². The summed E-state index contributed by atoms with van der Waals surface area (Å²) in [5.74, 6) is 1.81. The molecule has 0 radical (unpaired) electrons. The Labute approximate surface area is 168 Å². The SMILES string of the molecule is COc1ccc(NC(=O)NC2CC(c3nc(-c4ccncc4)no3)N(C)C2)cc1. The highest BCUT2D eigenvalue weighted by Crippen LogP contribution is 2.30. The third kappa shape index (κ3) is 4.35. The number of urea groups is 1. The molecule has 4 rings (SSSR count). The molecule has 9 heteroatoms. The number of ether oxygens (including phenoxy) is 1. The molecule has 2 aromatic heterocycles. The first-order chi connectivity index (χ1) is 14.1. The highest BCUT2D eigenvalue weighted by atomic mass is 16.5. The van der Waals surface area contributed by atoms with Gasteiger partial charge in [-0.2, -0.15) is 4.98 Å². The molecule has 0 saturated carbocycles. The molecule has 1 fully saturated rings. The van der Waals surface area contributed by atoms with Crippen LogP contribution in [0.5, 0.6) is 5.75 Å². The first kappa shape index (κ1) is 18.9. The third-order valence-electron chi connectivity index (χ3n) is 4.90. The number of amides is 2. The van der Waals surface area contributed by atoms with Gasteiger partial charge in [0.25, 0.3) is 0 Å². The molecule has 1 aromatic carbocycles. The van der Waals surface area contributed by atoms with Gasteiger partial charge in [0.15, 0.2) is 0 Å². The molecule has 2 atom stereocenters. The van der Waals surface area contributed by atoms with Crippen LogP contribution >= 0.6 is 0 Å². The van der Waals surface area contributed by atoms with E-state index in [0.717, 1.165) is 11.3 Å². The number of nitrogens with one attached hydrogen (secondary N) is 2. The Morgan fingerprint density at radius 1 is 1.21 bits per heavy atom. The number of nitrogens with zero attached hydrogens (tertiary/aromatic N) is 4. The molecule has 0 aliphatic carbocycles. The second kappa shape index (κ2) is 8.27. The maximum atomic E-state index is 12.3. The minimum absolute atomic E-state index is 0.0282. The van der Waals surface area contributed by atoms with Crippen molar-refractivity contribution in [3.05, 3.63) is 54.7 Å². The lowest BCUT2D eigenvalue weighted by molar-refractivity contribution is 0.243. The molecule has 0 bridgehead atoms. The first-order valence-electron chi connectivity index (χ1n) is 9.28. The second-order valence-corrected chi connectivity index (χ2v) is 6.91. The van der Waals surface area contributed by atoms with Crippen LogP contribution in [-0.2, 0) is 0 Å². The number of rotatable bonds is 5. The summed E-state index contributed by atoms with van der Waals surface area (Å²) < 4.78 is 10.6. The first-order valence-corrected chi connectivity index (χ1v) is 9.28. The molecule has 2 amide bonds. The van der Waals surface area contributed by atoms with Crippen molar-refractivity contribution in [1.82, 2.24) is 25.3 Å². The third-order valence-corrected chi connectivity index (χ3v) is 4.90. The monoisotopic (exact) mass is 394 g/mol. The fraction of sp³-hybridized carbons (Fsp3) is 0.300. The van der Waals surface area contributed by atoms with Gasteiger partial charge in [0, 0.05) is 36.2 Å². The van der Waals surface area contributed by atoms with Crippen molar-refractivity contribution in [3.8, 4) is 17.1 Å². The number of hydrogen-bond acceptors (Lipinski definition) is 7. The summed E-state index contributed by atoms with van der Waals surface area (Å²) in [5, 5.41) is 9.91. The van der Waals surface area contributed by atoms with E-state index in [1.54, 1.807) is 43.8 Å². The number of anilines is 1. The largest absolute Gasteiger partial charge is 0.497 e. The van der Waals surface area contributed by atoms with Crippen molar-refractivity contribution in [2.75, 3.05) is 26.0 Å². The molecule has 1 aliphatic rings. The van der Waals surface area contributed by atoms with Crippen LogP contribution in [0.25, 0.3) is 11.4 Å². The van der Waals surface area contributed by atoms with Gasteiger partial charge in [0.05, 0.1) is 13.2 Å². The summed E-state index contributed by atoms with van der Waals surface area (Å²) in [6.45, 7) is 0.688. The quantitative estimate of drug-likeness (QED) is 0.685. The van der Waals surface area contributed by atoms with Crippen molar-refractivity contribution < 1.29 is 14.1 Å². The highest BCUT2D eigenvalue weighted by molar-refractivity contribution is 5.89. The van der Waals surface area contributed by atoms with E-state index < -0.39 is 0 Å². The lowest BCUT2D eigenvalue weighted by Crippen LogP contribution is -2.39. The van der Waals surface area contributed by atoms with Gasteiger partial charge in [-0.1, -0.05) is 5.16 Å². The van der Waals surface area contributed by atoms with E-state index in [4.69, 9.17) is 9.26 Å². The maximum Gasteiger partial charge on any atom is 0.319 e. The normalized spacial score (nSPS) is 19.1. The average Bonchev–Trinajstić information content (AvgIpc) is 3.36. The number of carbonyl (C=O) groups excluding carboxylic acids is 1. The molecule has 3 heterocycles. The number of aromatic nitrogens is 3. The Morgan fingerprint density at radius 2 is 1.97 bits per heavy atom. The molecule has 2 N–H and O–H groups in total. The molecule has 9 nitrogen and oxygen atoms in total. The number of likely N-dealkylation sites (tertiary alicyclic amines) is 1. The predicted octanol–water partition coefficient (Wildman–Crippen LogP) is 2.71. The van der Waals surface area contributed by atoms with Gasteiger partial charge in [0.2, 0.25) is 11.7 Å². The fourth-order valence-electron chi connectivity index (χ4n) is 3.41. The summed E-state index contributed by atoms with van der Waals surface area (Å²) in [7, 11) is 3.58. The van der Waals surface area contributed by atoms with Gasteiger partial charge in [-0.15, -0.1) is 0 Å². The standard InChI is InChI=1S/C20H22N6O3/c1-26-12-15(23-20(27)22-14-3-5-16(28-2)6-4-14)11-17(26)19-24-18(25-29-19)13-7-9-21-10-8-13/h3-10,15,17H,11-12H2,1-2H3,(H2,22,23,27). The van der Waals surface area contributed by atoms with Crippen LogP contribution in [0.1, 0.15) is 18.4 Å². The summed E-state index contributed by atoms with van der Waals surface area (Å²) >= 11 is 0. The van der Waals surface area contributed by atoms with Gasteiger partial charge < -0.3 is 19.9 Å². The summed E-state index contributed by atoms with van der Waals surface area (Å²) in [6, 6.07) is 10.5. The number of carbonyl (C=O) groups is 1. The van der Waals surface area contributed by atoms with Gasteiger partial charge in [-0.25, -0.2) is 4.79 Å². The van der Waals surface area contributed by atoms with Crippen molar-refractivity contribution >= 4 is 11.7 Å². The molecule has 150 valence electrons. The Hall–Kier alpha value is -3.46. The Balaban J connectivity index is 1.36. The van der Waals surface area contributed by atoms with E-state index in [2.05, 4.69) is 30.7 Å². The molecule has 29 heavy (non-hydrogen) atoms. The lowest BCUT2D eigenvalue weighted by Gasteiger charge is -2.14. The molecular formula is C20H22N6O3. The van der Waals surface area contributed by atoms with Crippen LogP contribution in [-0.4, -0.2) is 52.8 Å². The Kier molecular flexibility index (Phi) is 5.39. The average molecular weight is 394 g/mol. The van der Waals surface area contributed by atoms with E-state index in [-0.39, 0.29) is 18.1 Å². The van der Waals surface area contributed by atoms with E-state index in [0.29, 0.717) is 30.4 Å². The number of hydrogen-bond donors (Lipinski definition) is 2. The van der Waals surface area contributed by atoms with Crippen molar-refractivity contribution in [3.63, 3.8) is 0 Å². The zero-order valence-corrected chi connectivity index (χ0v) is 16.2. The zero-order chi connectivity index (χ0) is 20.2. The van der Waals surface area contributed by atoms with Gasteiger partial charge in [0.1, 0.15) is 5.75 Å². The van der Waals surface area contributed by atoms with Crippen LogP contribution in [0.2, 0.25) is 0 Å². The summed E-state index contributed by atoms with van der Waals surface area (Å²) in [4.78, 5) is 23.0. The topological polar surface area (TPSA) is 105 Å². The van der Waals surface area contributed by atoms with Crippen molar-refractivity contribution in [2.24, 2.45) is 0 Å². The van der Waals surface area contributed by atoms with Gasteiger partial charge >= 0.3 is 6.03 Å². The van der Waals surface area contributed by atoms with E-state index >= 15 is 0 Å². The van der Waals surface area contributed by atoms with Crippen LogP contribution in [0.3, 0.4) is 0 Å².